The minimum absolute atomic E-state index is 0.0790. The van der Waals surface area contributed by atoms with Gasteiger partial charge in [-0.3, -0.25) is 5.32 Å². The molecule has 0 amide bonds. The number of hydrogen-bond donors (Lipinski definition) is 5. The zero-order valence-corrected chi connectivity index (χ0v) is 11.0. The van der Waals surface area contributed by atoms with Crippen LogP contribution in [0.4, 0.5) is 0 Å². The van der Waals surface area contributed by atoms with Crippen molar-refractivity contribution in [2.75, 3.05) is 6.54 Å². The van der Waals surface area contributed by atoms with E-state index in [1.807, 2.05) is 18.2 Å². The first kappa shape index (κ1) is 13.3. The van der Waals surface area contributed by atoms with Gasteiger partial charge in [-0.15, -0.1) is 0 Å². The number of fused-ring (bicyclic) bond motifs is 3. The van der Waals surface area contributed by atoms with Gasteiger partial charge in [0.1, 0.15) is 6.23 Å². The molecule has 1 unspecified atom stereocenters. The van der Waals surface area contributed by atoms with Crippen LogP contribution in [0.1, 0.15) is 29.5 Å². The summed E-state index contributed by atoms with van der Waals surface area (Å²) in [6.07, 6.45) is 3.92. The van der Waals surface area contributed by atoms with Crippen molar-refractivity contribution >= 4 is 17.0 Å². The van der Waals surface area contributed by atoms with Crippen LogP contribution in [-0.4, -0.2) is 33.1 Å². The molecule has 0 bridgehead atoms. The summed E-state index contributed by atoms with van der Waals surface area (Å²) in [7, 11) is 0. The Balaban J connectivity index is 1.92. The summed E-state index contributed by atoms with van der Waals surface area (Å²) >= 11 is 0. The van der Waals surface area contributed by atoms with Gasteiger partial charge in [0.2, 0.25) is 0 Å². The predicted molar refractivity (Wildman–Crippen MR) is 76.8 cm³/mol. The molecule has 1 aliphatic rings. The van der Waals surface area contributed by atoms with Crippen LogP contribution in [0.15, 0.2) is 24.3 Å². The number of nitrogens with one attached hydrogen (secondary N) is 2. The maximum Gasteiger partial charge on any atom is 0.164 e. The number of H-pyrrole nitrogens is 1. The average Bonchev–Trinajstić information content (AvgIpc) is 2.82. The average molecular weight is 274 g/mol. The van der Waals surface area contributed by atoms with Crippen molar-refractivity contribution in [1.82, 2.24) is 10.3 Å². The molecule has 0 spiro atoms. The van der Waals surface area contributed by atoms with Crippen molar-refractivity contribution in [2.45, 2.75) is 25.4 Å². The van der Waals surface area contributed by atoms with Gasteiger partial charge in [0.05, 0.1) is 0 Å². The van der Waals surface area contributed by atoms with Gasteiger partial charge in [0, 0.05) is 28.7 Å². The quantitative estimate of drug-likeness (QED) is 0.539. The first-order chi connectivity index (χ1) is 9.65. The van der Waals surface area contributed by atoms with Gasteiger partial charge in [-0.25, -0.2) is 0 Å². The minimum Gasteiger partial charge on any atom is -0.374 e. The molecule has 5 heteroatoms. The number of aryl methyl sites for hydroxylation is 1. The number of rotatable bonds is 4. The van der Waals surface area contributed by atoms with Crippen LogP contribution in [0.2, 0.25) is 0 Å². The van der Waals surface area contributed by atoms with Crippen molar-refractivity contribution in [3.05, 3.63) is 41.1 Å². The first-order valence-corrected chi connectivity index (χ1v) is 6.74. The van der Waals surface area contributed by atoms with Crippen molar-refractivity contribution < 1.29 is 15.3 Å². The molecular weight excluding hydrogens is 256 g/mol. The van der Waals surface area contributed by atoms with Gasteiger partial charge >= 0.3 is 0 Å². The number of hydrogen-bond acceptors (Lipinski definition) is 4. The number of aliphatic hydroxyl groups is 3. The van der Waals surface area contributed by atoms with E-state index >= 15 is 0 Å². The highest BCUT2D eigenvalue weighted by molar-refractivity contribution is 5.91. The Labute approximate surface area is 116 Å². The van der Waals surface area contributed by atoms with Crippen LogP contribution >= 0.6 is 0 Å². The number of aliphatic hydroxyl groups excluding tert-OH is 2. The molecule has 0 aliphatic heterocycles. The maximum atomic E-state index is 10.0. The Morgan fingerprint density at radius 2 is 2.10 bits per heavy atom. The zero-order valence-electron chi connectivity index (χ0n) is 11.0. The molecule has 1 heterocycles. The summed E-state index contributed by atoms with van der Waals surface area (Å²) in [5, 5.41) is 31.4. The molecular formula is C15H18N2O3. The fourth-order valence-corrected chi connectivity index (χ4v) is 2.61. The van der Waals surface area contributed by atoms with Gasteiger partial charge in [-0.05, 0) is 30.5 Å². The number of aromatic nitrogens is 1. The molecule has 0 fully saturated rings. The van der Waals surface area contributed by atoms with Crippen LogP contribution in [-0.2, 0) is 6.42 Å². The largest absolute Gasteiger partial charge is 0.374 e. The SMILES string of the molecule is OC(O)CNC(O)c1ccc2[nH]c3c(c2c1)C=CCC3. The standard InChI is InChI=1S/C15H18N2O3/c18-14(19)8-16-15(20)9-5-6-13-11(7-9)10-3-1-2-4-12(10)17-13/h1,3,5-7,14-20H,2,4,8H2. The molecule has 1 aliphatic carbocycles. The van der Waals surface area contributed by atoms with Gasteiger partial charge in [0.15, 0.2) is 6.29 Å². The molecule has 106 valence electrons. The van der Waals surface area contributed by atoms with Crippen LogP contribution in [0.5, 0.6) is 0 Å². The molecule has 20 heavy (non-hydrogen) atoms. The van der Waals surface area contributed by atoms with E-state index in [-0.39, 0.29) is 6.54 Å². The smallest absolute Gasteiger partial charge is 0.164 e. The van der Waals surface area contributed by atoms with E-state index in [1.54, 1.807) is 0 Å². The summed E-state index contributed by atoms with van der Waals surface area (Å²) < 4.78 is 0. The summed E-state index contributed by atoms with van der Waals surface area (Å²) in [6.45, 7) is -0.0790. The molecule has 0 radical (unpaired) electrons. The Bertz CT molecular complexity index is 646. The van der Waals surface area contributed by atoms with E-state index in [9.17, 15) is 5.11 Å². The molecule has 2 aromatic rings. The van der Waals surface area contributed by atoms with E-state index in [1.165, 1.54) is 11.3 Å². The minimum atomic E-state index is -1.48. The van der Waals surface area contributed by atoms with E-state index in [0.717, 1.165) is 23.7 Å². The second-order valence-corrected chi connectivity index (χ2v) is 5.05. The molecule has 0 saturated heterocycles. The Hall–Kier alpha value is -1.66. The number of allylic oxidation sites excluding steroid dienone is 1. The first-order valence-electron chi connectivity index (χ1n) is 6.74. The van der Waals surface area contributed by atoms with Crippen LogP contribution in [0.25, 0.3) is 17.0 Å². The summed E-state index contributed by atoms with van der Waals surface area (Å²) in [5.41, 5.74) is 4.17. The van der Waals surface area contributed by atoms with Crippen molar-refractivity contribution in [3.8, 4) is 0 Å². The van der Waals surface area contributed by atoms with Crippen molar-refractivity contribution in [1.29, 1.82) is 0 Å². The molecule has 0 saturated carbocycles. The van der Waals surface area contributed by atoms with E-state index in [4.69, 9.17) is 10.2 Å². The zero-order chi connectivity index (χ0) is 14.1. The lowest BCUT2D eigenvalue weighted by Crippen LogP contribution is -2.29. The van der Waals surface area contributed by atoms with Gasteiger partial charge in [-0.2, -0.15) is 0 Å². The molecule has 1 aromatic carbocycles. The Morgan fingerprint density at radius 3 is 2.90 bits per heavy atom. The van der Waals surface area contributed by atoms with E-state index in [0.29, 0.717) is 5.56 Å². The lowest BCUT2D eigenvalue weighted by Gasteiger charge is -2.14. The van der Waals surface area contributed by atoms with Gasteiger partial charge in [0.25, 0.3) is 0 Å². The molecule has 5 N–H and O–H groups in total. The van der Waals surface area contributed by atoms with Crippen molar-refractivity contribution in [3.63, 3.8) is 0 Å². The van der Waals surface area contributed by atoms with E-state index in [2.05, 4.69) is 22.5 Å². The third-order valence-corrected chi connectivity index (χ3v) is 3.60. The third-order valence-electron chi connectivity index (χ3n) is 3.60. The number of benzene rings is 1. The van der Waals surface area contributed by atoms with Crippen molar-refractivity contribution in [2.24, 2.45) is 0 Å². The lowest BCUT2D eigenvalue weighted by molar-refractivity contribution is -0.0468. The summed E-state index contributed by atoms with van der Waals surface area (Å²) in [6, 6.07) is 5.70. The molecule has 1 atom stereocenters. The fraction of sp³-hybridized carbons (Fsp3) is 0.333. The maximum absolute atomic E-state index is 10.0. The summed E-state index contributed by atoms with van der Waals surface area (Å²) in [4.78, 5) is 3.40. The van der Waals surface area contributed by atoms with Crippen LogP contribution in [0.3, 0.4) is 0 Å². The Morgan fingerprint density at radius 1 is 1.25 bits per heavy atom. The highest BCUT2D eigenvalue weighted by Crippen LogP contribution is 2.29. The summed E-state index contributed by atoms with van der Waals surface area (Å²) in [5.74, 6) is 0. The lowest BCUT2D eigenvalue weighted by atomic mass is 10.0. The molecule has 5 nitrogen and oxygen atoms in total. The van der Waals surface area contributed by atoms with E-state index < -0.39 is 12.5 Å². The molecule has 1 aromatic heterocycles. The second kappa shape index (κ2) is 5.38. The number of aromatic amines is 1. The van der Waals surface area contributed by atoms with Gasteiger partial charge < -0.3 is 20.3 Å². The Kier molecular flexibility index (Phi) is 3.58. The predicted octanol–water partition coefficient (Wildman–Crippen LogP) is 1.02. The van der Waals surface area contributed by atoms with Crippen LogP contribution < -0.4 is 5.32 Å². The monoisotopic (exact) mass is 274 g/mol. The van der Waals surface area contributed by atoms with Gasteiger partial charge in [-0.1, -0.05) is 18.2 Å². The topological polar surface area (TPSA) is 88.5 Å². The second-order valence-electron chi connectivity index (χ2n) is 5.05. The third kappa shape index (κ3) is 2.48. The van der Waals surface area contributed by atoms with Crippen LogP contribution in [0, 0.1) is 0 Å². The highest BCUT2D eigenvalue weighted by Gasteiger charge is 2.14. The highest BCUT2D eigenvalue weighted by atomic mass is 16.5. The molecule has 3 rings (SSSR count). The fourth-order valence-electron chi connectivity index (χ4n) is 2.61. The normalized spacial score (nSPS) is 15.8.